The van der Waals surface area contributed by atoms with Gasteiger partial charge in [-0.15, -0.1) is 0 Å². The normalized spacial score (nSPS) is 9.82. The molecule has 0 unspecified atom stereocenters. The maximum Gasteiger partial charge on any atom is 0.409 e. The average Bonchev–Trinajstić information content (AvgIpc) is 2.22. The third-order valence-corrected chi connectivity index (χ3v) is 2.08. The number of carbonyl (C=O) groups is 1. The SMILES string of the molecule is CCOc1cc(NC(=O)O)cc(C)c1OCC. The van der Waals surface area contributed by atoms with Gasteiger partial charge in [-0.1, -0.05) is 0 Å². The van der Waals surface area contributed by atoms with Gasteiger partial charge in [-0.05, 0) is 32.4 Å². The number of hydrogen-bond donors (Lipinski definition) is 2. The molecule has 94 valence electrons. The standard InChI is InChI=1S/C12H17NO4/c1-4-16-10-7-9(13-12(14)15)6-8(3)11(10)17-5-2/h6-7,13H,4-5H2,1-3H3,(H,14,15). The molecule has 1 amide bonds. The van der Waals surface area contributed by atoms with E-state index in [1.165, 1.54) is 0 Å². The van der Waals surface area contributed by atoms with Gasteiger partial charge in [0.25, 0.3) is 0 Å². The van der Waals surface area contributed by atoms with E-state index in [1.54, 1.807) is 12.1 Å². The summed E-state index contributed by atoms with van der Waals surface area (Å²) in [6.07, 6.45) is -1.10. The van der Waals surface area contributed by atoms with Gasteiger partial charge in [0.2, 0.25) is 0 Å². The highest BCUT2D eigenvalue weighted by Crippen LogP contribution is 2.34. The lowest BCUT2D eigenvalue weighted by Gasteiger charge is -2.15. The fourth-order valence-electron chi connectivity index (χ4n) is 1.53. The minimum atomic E-state index is -1.10. The fraction of sp³-hybridized carbons (Fsp3) is 0.417. The summed E-state index contributed by atoms with van der Waals surface area (Å²) in [5, 5.41) is 11.0. The summed E-state index contributed by atoms with van der Waals surface area (Å²) in [6.45, 7) is 6.63. The zero-order valence-electron chi connectivity index (χ0n) is 10.2. The Hall–Kier alpha value is -1.91. The van der Waals surface area contributed by atoms with Crippen molar-refractivity contribution in [1.29, 1.82) is 0 Å². The van der Waals surface area contributed by atoms with E-state index >= 15 is 0 Å². The molecule has 0 spiro atoms. The van der Waals surface area contributed by atoms with Crippen molar-refractivity contribution in [2.24, 2.45) is 0 Å². The van der Waals surface area contributed by atoms with E-state index < -0.39 is 6.09 Å². The predicted molar refractivity (Wildman–Crippen MR) is 65.2 cm³/mol. The average molecular weight is 239 g/mol. The molecule has 0 heterocycles. The van der Waals surface area contributed by atoms with Crippen LogP contribution in [0.25, 0.3) is 0 Å². The van der Waals surface area contributed by atoms with E-state index in [0.29, 0.717) is 30.4 Å². The van der Waals surface area contributed by atoms with E-state index in [4.69, 9.17) is 14.6 Å². The number of amides is 1. The smallest absolute Gasteiger partial charge is 0.409 e. The maximum absolute atomic E-state index is 10.6. The Morgan fingerprint density at radius 3 is 2.47 bits per heavy atom. The van der Waals surface area contributed by atoms with Crippen molar-refractivity contribution >= 4 is 11.8 Å². The Bertz CT molecular complexity index is 404. The summed E-state index contributed by atoms with van der Waals surface area (Å²) in [5.41, 5.74) is 1.31. The Morgan fingerprint density at radius 2 is 1.94 bits per heavy atom. The van der Waals surface area contributed by atoms with Crippen LogP contribution in [0.1, 0.15) is 19.4 Å². The van der Waals surface area contributed by atoms with Crippen LogP contribution in [0.15, 0.2) is 12.1 Å². The molecule has 0 aromatic heterocycles. The molecule has 1 aromatic rings. The molecule has 0 saturated carbocycles. The highest BCUT2D eigenvalue weighted by atomic mass is 16.5. The summed E-state index contributed by atoms with van der Waals surface area (Å²) in [5.74, 6) is 1.21. The van der Waals surface area contributed by atoms with E-state index in [9.17, 15) is 4.79 Å². The molecular weight excluding hydrogens is 222 g/mol. The van der Waals surface area contributed by atoms with Crippen LogP contribution in [0, 0.1) is 6.92 Å². The minimum absolute atomic E-state index is 0.474. The Kier molecular flexibility index (Phi) is 4.63. The van der Waals surface area contributed by atoms with Crippen molar-refractivity contribution in [3.05, 3.63) is 17.7 Å². The summed E-state index contributed by atoms with van der Waals surface area (Å²) >= 11 is 0. The maximum atomic E-state index is 10.6. The van der Waals surface area contributed by atoms with E-state index in [0.717, 1.165) is 5.56 Å². The van der Waals surface area contributed by atoms with Gasteiger partial charge in [-0.25, -0.2) is 4.79 Å². The monoisotopic (exact) mass is 239 g/mol. The minimum Gasteiger partial charge on any atom is -0.490 e. The van der Waals surface area contributed by atoms with Gasteiger partial charge in [0.15, 0.2) is 11.5 Å². The quantitative estimate of drug-likeness (QED) is 0.829. The number of aryl methyl sites for hydroxylation is 1. The van der Waals surface area contributed by atoms with Crippen molar-refractivity contribution in [2.45, 2.75) is 20.8 Å². The van der Waals surface area contributed by atoms with Crippen molar-refractivity contribution in [3.8, 4) is 11.5 Å². The van der Waals surface area contributed by atoms with Gasteiger partial charge >= 0.3 is 6.09 Å². The summed E-state index contributed by atoms with van der Waals surface area (Å²) in [7, 11) is 0. The number of nitrogens with one attached hydrogen (secondary N) is 1. The molecule has 0 atom stereocenters. The van der Waals surface area contributed by atoms with Crippen LogP contribution in [-0.4, -0.2) is 24.4 Å². The zero-order valence-corrected chi connectivity index (χ0v) is 10.2. The van der Waals surface area contributed by atoms with Gasteiger partial charge in [-0.3, -0.25) is 5.32 Å². The molecule has 17 heavy (non-hydrogen) atoms. The predicted octanol–water partition coefficient (Wildman–Crippen LogP) is 2.88. The first-order valence-corrected chi connectivity index (χ1v) is 5.48. The molecule has 0 radical (unpaired) electrons. The van der Waals surface area contributed by atoms with Crippen LogP contribution >= 0.6 is 0 Å². The molecule has 2 N–H and O–H groups in total. The molecular formula is C12H17NO4. The largest absolute Gasteiger partial charge is 0.490 e. The molecule has 5 heteroatoms. The summed E-state index contributed by atoms with van der Waals surface area (Å²) in [6, 6.07) is 3.33. The van der Waals surface area contributed by atoms with Crippen LogP contribution in [0.4, 0.5) is 10.5 Å². The van der Waals surface area contributed by atoms with Gasteiger partial charge in [0.1, 0.15) is 0 Å². The Labute approximate surface area is 100 Å². The number of hydrogen-bond acceptors (Lipinski definition) is 3. The van der Waals surface area contributed by atoms with Gasteiger partial charge < -0.3 is 14.6 Å². The molecule has 1 aromatic carbocycles. The number of ether oxygens (including phenoxy) is 2. The molecule has 0 aliphatic heterocycles. The third kappa shape index (κ3) is 3.55. The van der Waals surface area contributed by atoms with Crippen molar-refractivity contribution in [2.75, 3.05) is 18.5 Å². The second-order valence-electron chi connectivity index (χ2n) is 3.42. The lowest BCUT2D eigenvalue weighted by atomic mass is 10.2. The lowest BCUT2D eigenvalue weighted by molar-refractivity contribution is 0.209. The molecule has 1 rings (SSSR count). The first-order valence-electron chi connectivity index (χ1n) is 5.48. The van der Waals surface area contributed by atoms with Crippen LogP contribution in [-0.2, 0) is 0 Å². The van der Waals surface area contributed by atoms with E-state index in [2.05, 4.69) is 5.32 Å². The van der Waals surface area contributed by atoms with Crippen LogP contribution < -0.4 is 14.8 Å². The van der Waals surface area contributed by atoms with Gasteiger partial charge in [0, 0.05) is 11.8 Å². The first-order chi connectivity index (χ1) is 8.08. The highest BCUT2D eigenvalue weighted by Gasteiger charge is 2.11. The molecule has 5 nitrogen and oxygen atoms in total. The number of carboxylic acid groups (broad SMARTS) is 1. The molecule has 0 saturated heterocycles. The molecule has 0 bridgehead atoms. The number of rotatable bonds is 5. The van der Waals surface area contributed by atoms with Crippen LogP contribution in [0.3, 0.4) is 0 Å². The number of anilines is 1. The third-order valence-electron chi connectivity index (χ3n) is 2.08. The van der Waals surface area contributed by atoms with E-state index in [-0.39, 0.29) is 0 Å². The fourth-order valence-corrected chi connectivity index (χ4v) is 1.53. The highest BCUT2D eigenvalue weighted by molar-refractivity contribution is 5.83. The molecule has 0 fully saturated rings. The van der Waals surface area contributed by atoms with Crippen LogP contribution in [0.5, 0.6) is 11.5 Å². The Balaban J connectivity index is 3.10. The summed E-state index contributed by atoms with van der Waals surface area (Å²) in [4.78, 5) is 10.6. The van der Waals surface area contributed by atoms with Gasteiger partial charge in [-0.2, -0.15) is 0 Å². The first kappa shape index (κ1) is 13.2. The van der Waals surface area contributed by atoms with E-state index in [1.807, 2.05) is 20.8 Å². The van der Waals surface area contributed by atoms with Crippen molar-refractivity contribution < 1.29 is 19.4 Å². The van der Waals surface area contributed by atoms with Gasteiger partial charge in [0.05, 0.1) is 13.2 Å². The lowest BCUT2D eigenvalue weighted by Crippen LogP contribution is -2.08. The summed E-state index contributed by atoms with van der Waals surface area (Å²) < 4.78 is 10.9. The Morgan fingerprint density at radius 1 is 1.29 bits per heavy atom. The second-order valence-corrected chi connectivity index (χ2v) is 3.42. The topological polar surface area (TPSA) is 67.8 Å². The second kappa shape index (κ2) is 5.98. The van der Waals surface area contributed by atoms with Crippen molar-refractivity contribution in [1.82, 2.24) is 0 Å². The molecule has 0 aliphatic carbocycles. The zero-order chi connectivity index (χ0) is 12.8. The van der Waals surface area contributed by atoms with Crippen LogP contribution in [0.2, 0.25) is 0 Å². The number of benzene rings is 1. The van der Waals surface area contributed by atoms with Crippen molar-refractivity contribution in [3.63, 3.8) is 0 Å². The molecule has 0 aliphatic rings.